The van der Waals surface area contributed by atoms with Gasteiger partial charge in [-0.15, -0.1) is 11.3 Å². The van der Waals surface area contributed by atoms with Gasteiger partial charge in [-0.3, -0.25) is 0 Å². The third-order valence-electron chi connectivity index (χ3n) is 4.58. The molecule has 2 heterocycles. The molecule has 2 aromatic heterocycles. The zero-order valence-corrected chi connectivity index (χ0v) is 15.9. The first-order chi connectivity index (χ1) is 12.7. The summed E-state index contributed by atoms with van der Waals surface area (Å²) in [6, 6.07) is 7.16. The van der Waals surface area contributed by atoms with Crippen LogP contribution in [0.1, 0.15) is 40.1 Å². The number of carbonyl (C=O) groups excluding carboxylic acids is 1. The maximum Gasteiger partial charge on any atom is 0.337 e. The summed E-state index contributed by atoms with van der Waals surface area (Å²) >= 11 is 7.87. The number of aryl methyl sites for hydroxylation is 2. The molecule has 26 heavy (non-hydrogen) atoms. The van der Waals surface area contributed by atoms with Crippen LogP contribution < -0.4 is 5.32 Å². The normalized spacial score (nSPS) is 13.9. The van der Waals surface area contributed by atoms with E-state index in [2.05, 4.69) is 15.3 Å². The summed E-state index contributed by atoms with van der Waals surface area (Å²) in [5, 5.41) is 4.61. The summed E-state index contributed by atoms with van der Waals surface area (Å²) in [7, 11) is 1.37. The Labute approximate surface area is 160 Å². The zero-order valence-electron chi connectivity index (χ0n) is 14.3. The van der Waals surface area contributed by atoms with Gasteiger partial charge in [0, 0.05) is 10.6 Å². The van der Waals surface area contributed by atoms with Gasteiger partial charge in [-0.25, -0.2) is 9.78 Å². The Kier molecular flexibility index (Phi) is 4.78. The highest BCUT2D eigenvalue weighted by Gasteiger charge is 2.20. The van der Waals surface area contributed by atoms with E-state index in [0.29, 0.717) is 11.4 Å². The van der Waals surface area contributed by atoms with Crippen molar-refractivity contribution in [3.8, 4) is 0 Å². The zero-order chi connectivity index (χ0) is 18.1. The van der Waals surface area contributed by atoms with Crippen molar-refractivity contribution < 1.29 is 9.53 Å². The minimum absolute atomic E-state index is 0.223. The largest absolute Gasteiger partial charge is 0.465 e. The van der Waals surface area contributed by atoms with E-state index in [1.165, 1.54) is 36.8 Å². The maximum atomic E-state index is 11.8. The molecular weight excluding hydrogens is 370 g/mol. The molecule has 4 rings (SSSR count). The number of rotatable bonds is 3. The van der Waals surface area contributed by atoms with E-state index < -0.39 is 0 Å². The Morgan fingerprint density at radius 3 is 2.92 bits per heavy atom. The molecule has 3 aromatic rings. The number of nitrogens with one attached hydrogen (secondary N) is 1. The van der Waals surface area contributed by atoms with Gasteiger partial charge in [-0.05, 0) is 61.0 Å². The van der Waals surface area contributed by atoms with Crippen molar-refractivity contribution in [3.05, 3.63) is 45.6 Å². The Morgan fingerprint density at radius 2 is 2.08 bits per heavy atom. The fourth-order valence-electron chi connectivity index (χ4n) is 3.38. The number of methoxy groups -OCH3 is 1. The van der Waals surface area contributed by atoms with E-state index >= 15 is 0 Å². The van der Waals surface area contributed by atoms with Crippen LogP contribution in [0.4, 0.5) is 11.5 Å². The lowest BCUT2D eigenvalue weighted by atomic mass is 10.1. The molecule has 5 nitrogen and oxygen atoms in total. The summed E-state index contributed by atoms with van der Waals surface area (Å²) in [5.41, 5.74) is 2.58. The van der Waals surface area contributed by atoms with E-state index in [1.807, 2.05) is 12.1 Å². The highest BCUT2D eigenvalue weighted by molar-refractivity contribution is 7.19. The number of aromatic nitrogens is 2. The molecule has 1 N–H and O–H groups in total. The van der Waals surface area contributed by atoms with Crippen molar-refractivity contribution in [3.63, 3.8) is 0 Å². The monoisotopic (exact) mass is 387 g/mol. The number of ether oxygens (including phenoxy) is 1. The Bertz CT molecular complexity index is 986. The quantitative estimate of drug-likeness (QED) is 0.382. The molecule has 0 spiro atoms. The highest BCUT2D eigenvalue weighted by Crippen LogP contribution is 2.39. The lowest BCUT2D eigenvalue weighted by Crippen LogP contribution is -2.03. The third kappa shape index (κ3) is 3.27. The van der Waals surface area contributed by atoms with Crippen LogP contribution in [0, 0.1) is 0 Å². The van der Waals surface area contributed by atoms with Gasteiger partial charge in [0.1, 0.15) is 10.6 Å². The van der Waals surface area contributed by atoms with Crippen LogP contribution in [0.5, 0.6) is 0 Å². The number of anilines is 2. The van der Waals surface area contributed by atoms with Gasteiger partial charge >= 0.3 is 5.97 Å². The van der Waals surface area contributed by atoms with E-state index in [4.69, 9.17) is 16.3 Å². The first kappa shape index (κ1) is 17.2. The summed E-state index contributed by atoms with van der Waals surface area (Å²) < 4.78 is 4.79. The number of halogens is 1. The first-order valence-electron chi connectivity index (χ1n) is 8.59. The van der Waals surface area contributed by atoms with Crippen molar-refractivity contribution in [2.24, 2.45) is 0 Å². The molecule has 0 saturated heterocycles. The molecule has 0 atom stereocenters. The Morgan fingerprint density at radius 1 is 1.23 bits per heavy atom. The van der Waals surface area contributed by atoms with Crippen molar-refractivity contribution in [1.29, 1.82) is 0 Å². The average Bonchev–Trinajstić information content (AvgIpc) is 2.82. The molecule has 7 heteroatoms. The number of benzene rings is 1. The molecule has 0 bridgehead atoms. The van der Waals surface area contributed by atoms with Crippen molar-refractivity contribution >= 4 is 50.6 Å². The van der Waals surface area contributed by atoms with Crippen LogP contribution >= 0.6 is 22.9 Å². The molecule has 0 amide bonds. The number of carbonyl (C=O) groups is 1. The predicted octanol–water partition coefficient (Wildman–Crippen LogP) is 5.14. The van der Waals surface area contributed by atoms with Gasteiger partial charge in [0.05, 0.1) is 18.1 Å². The second kappa shape index (κ2) is 7.21. The van der Waals surface area contributed by atoms with Crippen LogP contribution in [0.2, 0.25) is 5.28 Å². The van der Waals surface area contributed by atoms with E-state index in [0.717, 1.165) is 28.7 Å². The molecule has 134 valence electrons. The number of nitrogens with zero attached hydrogens (tertiary/aromatic N) is 2. The van der Waals surface area contributed by atoms with Gasteiger partial charge in [0.15, 0.2) is 0 Å². The van der Waals surface area contributed by atoms with Crippen molar-refractivity contribution in [2.45, 2.75) is 32.1 Å². The summed E-state index contributed by atoms with van der Waals surface area (Å²) in [4.78, 5) is 23.0. The fourth-order valence-corrected chi connectivity index (χ4v) is 4.86. The summed E-state index contributed by atoms with van der Waals surface area (Å²) in [6.45, 7) is 0. The second-order valence-electron chi connectivity index (χ2n) is 6.28. The van der Waals surface area contributed by atoms with Crippen LogP contribution in [0.25, 0.3) is 10.2 Å². The van der Waals surface area contributed by atoms with Gasteiger partial charge in [-0.1, -0.05) is 12.5 Å². The number of hydrogen-bond donors (Lipinski definition) is 1. The number of hydrogen-bond acceptors (Lipinski definition) is 6. The average molecular weight is 388 g/mol. The highest BCUT2D eigenvalue weighted by atomic mass is 35.5. The molecule has 1 aliphatic carbocycles. The van der Waals surface area contributed by atoms with Crippen LogP contribution in [0.15, 0.2) is 24.3 Å². The fraction of sp³-hybridized carbons (Fsp3) is 0.316. The third-order valence-corrected chi connectivity index (χ3v) is 5.94. The molecule has 0 unspecified atom stereocenters. The summed E-state index contributed by atoms with van der Waals surface area (Å²) in [6.07, 6.45) is 5.77. The van der Waals surface area contributed by atoms with Gasteiger partial charge < -0.3 is 10.1 Å². The standard InChI is InChI=1S/C19H18ClN3O2S/c1-25-18(24)11-6-5-7-12(10-11)21-16-15-13-8-3-2-4-9-14(13)26-17(15)23-19(20)22-16/h5-7,10H,2-4,8-9H2,1H3,(H,21,22,23). The smallest absolute Gasteiger partial charge is 0.337 e. The lowest BCUT2D eigenvalue weighted by Gasteiger charge is -2.10. The van der Waals surface area contributed by atoms with Crippen molar-refractivity contribution in [2.75, 3.05) is 12.4 Å². The number of thiophene rings is 1. The van der Waals surface area contributed by atoms with Gasteiger partial charge in [0.2, 0.25) is 5.28 Å². The lowest BCUT2D eigenvalue weighted by molar-refractivity contribution is 0.0601. The summed E-state index contributed by atoms with van der Waals surface area (Å²) in [5.74, 6) is 0.324. The Hall–Kier alpha value is -2.18. The van der Waals surface area contributed by atoms with Gasteiger partial charge in [0.25, 0.3) is 0 Å². The molecule has 0 fully saturated rings. The van der Waals surface area contributed by atoms with Crippen LogP contribution in [0.3, 0.4) is 0 Å². The minimum atomic E-state index is -0.371. The van der Waals surface area contributed by atoms with Crippen molar-refractivity contribution in [1.82, 2.24) is 9.97 Å². The minimum Gasteiger partial charge on any atom is -0.465 e. The molecule has 0 aliphatic heterocycles. The number of fused-ring (bicyclic) bond motifs is 3. The molecule has 1 aliphatic rings. The van der Waals surface area contributed by atoms with E-state index in [1.54, 1.807) is 23.5 Å². The van der Waals surface area contributed by atoms with E-state index in [-0.39, 0.29) is 11.3 Å². The maximum absolute atomic E-state index is 11.8. The van der Waals surface area contributed by atoms with Crippen LogP contribution in [-0.2, 0) is 17.6 Å². The van der Waals surface area contributed by atoms with Crippen LogP contribution in [-0.4, -0.2) is 23.0 Å². The molecule has 0 radical (unpaired) electrons. The molecular formula is C19H18ClN3O2S. The van der Waals surface area contributed by atoms with Gasteiger partial charge in [-0.2, -0.15) is 4.98 Å². The molecule has 0 saturated carbocycles. The SMILES string of the molecule is COC(=O)c1cccc(Nc2nc(Cl)nc3sc4c(c23)CCCCC4)c1. The first-order valence-corrected chi connectivity index (χ1v) is 9.78. The van der Waals surface area contributed by atoms with E-state index in [9.17, 15) is 4.79 Å². The Balaban J connectivity index is 1.79. The topological polar surface area (TPSA) is 64.1 Å². The second-order valence-corrected chi connectivity index (χ2v) is 7.70. The molecule has 1 aromatic carbocycles. The number of esters is 1. The predicted molar refractivity (Wildman–Crippen MR) is 105 cm³/mol.